The third-order valence-electron chi connectivity index (χ3n) is 2.27. The number of carboxylic acid groups (broad SMARTS) is 1. The van der Waals surface area contributed by atoms with Crippen LogP contribution in [0.2, 0.25) is 0 Å². The molecule has 0 saturated carbocycles. The maximum Gasteiger partial charge on any atom is 0.352 e. The van der Waals surface area contributed by atoms with Crippen molar-refractivity contribution in [1.82, 2.24) is 9.29 Å². The van der Waals surface area contributed by atoms with E-state index in [1.807, 2.05) is 4.72 Å². The van der Waals surface area contributed by atoms with Gasteiger partial charge >= 0.3 is 5.97 Å². The Balaban J connectivity index is 3.10. The molecule has 0 aromatic carbocycles. The molecule has 18 heavy (non-hydrogen) atoms. The maximum absolute atomic E-state index is 11.8. The Morgan fingerprint density at radius 2 is 2.06 bits per heavy atom. The number of nitrogens with one attached hydrogen (secondary N) is 1. The highest BCUT2D eigenvalue weighted by Gasteiger charge is 2.23. The van der Waals surface area contributed by atoms with Crippen LogP contribution in [-0.2, 0) is 21.9 Å². The lowest BCUT2D eigenvalue weighted by molar-refractivity contribution is -0.119. The van der Waals surface area contributed by atoms with Crippen molar-refractivity contribution in [3.63, 3.8) is 0 Å². The Kier molecular flexibility index (Phi) is 3.77. The average Bonchev–Trinajstić information content (AvgIpc) is 2.60. The van der Waals surface area contributed by atoms with Crippen molar-refractivity contribution >= 4 is 21.9 Å². The summed E-state index contributed by atoms with van der Waals surface area (Å²) in [4.78, 5) is 21.3. The monoisotopic (exact) mass is 275 g/mol. The number of aryl methyl sites for hydroxylation is 1. The van der Waals surface area contributed by atoms with Crippen molar-refractivity contribution in [2.45, 2.75) is 17.9 Å². The van der Waals surface area contributed by atoms with Gasteiger partial charge in [-0.1, -0.05) is 0 Å². The topological polar surface area (TPSA) is 131 Å². The molecule has 0 spiro atoms. The summed E-state index contributed by atoms with van der Waals surface area (Å²) in [7, 11) is -2.57. The quantitative estimate of drug-likeness (QED) is 0.626. The molecule has 1 atom stereocenters. The molecule has 1 heterocycles. The first-order valence-corrected chi connectivity index (χ1v) is 6.35. The normalized spacial score (nSPS) is 13.2. The van der Waals surface area contributed by atoms with Crippen LogP contribution in [0.5, 0.6) is 0 Å². The van der Waals surface area contributed by atoms with E-state index in [1.54, 1.807) is 0 Å². The summed E-state index contributed by atoms with van der Waals surface area (Å²) in [5, 5.41) is 8.80. The maximum atomic E-state index is 11.8. The number of aromatic carboxylic acids is 1. The number of carbonyl (C=O) groups is 2. The molecule has 4 N–H and O–H groups in total. The Morgan fingerprint density at radius 3 is 2.44 bits per heavy atom. The standard InChI is InChI=1S/C9H13N3O5S/c1-5(8(10)13)11-18(16,17)6-3-7(9(14)15)12(2)4-6/h3-5,11H,1-2H3,(H2,10,13)(H,14,15). The van der Waals surface area contributed by atoms with Crippen LogP contribution in [-0.4, -0.2) is 36.0 Å². The van der Waals surface area contributed by atoms with Gasteiger partial charge in [0.15, 0.2) is 0 Å². The van der Waals surface area contributed by atoms with Gasteiger partial charge in [-0.15, -0.1) is 0 Å². The summed E-state index contributed by atoms with van der Waals surface area (Å²) in [5.41, 5.74) is 4.76. The Hall–Kier alpha value is -1.87. The number of aromatic nitrogens is 1. The summed E-state index contributed by atoms with van der Waals surface area (Å²) < 4.78 is 26.8. The van der Waals surface area contributed by atoms with E-state index in [9.17, 15) is 18.0 Å². The van der Waals surface area contributed by atoms with E-state index < -0.39 is 27.9 Å². The average molecular weight is 275 g/mol. The van der Waals surface area contributed by atoms with Gasteiger partial charge in [0.25, 0.3) is 0 Å². The van der Waals surface area contributed by atoms with E-state index in [0.717, 1.165) is 16.8 Å². The highest BCUT2D eigenvalue weighted by atomic mass is 32.2. The zero-order valence-electron chi connectivity index (χ0n) is 9.75. The first-order valence-electron chi connectivity index (χ1n) is 4.86. The van der Waals surface area contributed by atoms with E-state index in [0.29, 0.717) is 0 Å². The molecule has 8 nitrogen and oxygen atoms in total. The highest BCUT2D eigenvalue weighted by Crippen LogP contribution is 2.13. The smallest absolute Gasteiger partial charge is 0.352 e. The fourth-order valence-electron chi connectivity index (χ4n) is 1.25. The number of primary amides is 1. The van der Waals surface area contributed by atoms with Crippen LogP contribution < -0.4 is 10.5 Å². The van der Waals surface area contributed by atoms with Gasteiger partial charge in [0.1, 0.15) is 10.6 Å². The molecule has 1 rings (SSSR count). The number of nitrogens with two attached hydrogens (primary N) is 1. The summed E-state index contributed by atoms with van der Waals surface area (Å²) in [6, 6.07) is -0.0817. The van der Waals surface area contributed by atoms with Crippen LogP contribution >= 0.6 is 0 Å². The number of hydrogen-bond donors (Lipinski definition) is 3. The summed E-state index contributed by atoms with van der Waals surface area (Å²) in [5.74, 6) is -2.07. The number of nitrogens with zero attached hydrogens (tertiary/aromatic N) is 1. The van der Waals surface area contributed by atoms with Crippen molar-refractivity contribution in [3.8, 4) is 0 Å². The number of carbonyl (C=O) groups excluding carboxylic acids is 1. The predicted molar refractivity (Wildman–Crippen MR) is 61.4 cm³/mol. The molecular formula is C9H13N3O5S. The third-order valence-corrected chi connectivity index (χ3v) is 3.78. The predicted octanol–water partition coefficient (Wildman–Crippen LogP) is -1.12. The Labute approximate surface area is 103 Å². The molecule has 9 heteroatoms. The lowest BCUT2D eigenvalue weighted by Crippen LogP contribution is -2.41. The number of hydrogen-bond acceptors (Lipinski definition) is 4. The van der Waals surface area contributed by atoms with Crippen molar-refractivity contribution in [2.75, 3.05) is 0 Å². The lowest BCUT2D eigenvalue weighted by atomic mass is 10.4. The second-order valence-electron chi connectivity index (χ2n) is 3.72. The number of carboxylic acids is 1. The van der Waals surface area contributed by atoms with Gasteiger partial charge < -0.3 is 15.4 Å². The van der Waals surface area contributed by atoms with E-state index in [-0.39, 0.29) is 10.6 Å². The largest absolute Gasteiger partial charge is 0.477 e. The minimum Gasteiger partial charge on any atom is -0.477 e. The first-order chi connectivity index (χ1) is 8.15. The molecule has 0 aliphatic carbocycles. The van der Waals surface area contributed by atoms with Crippen molar-refractivity contribution in [3.05, 3.63) is 18.0 Å². The van der Waals surface area contributed by atoms with Gasteiger partial charge in [-0.05, 0) is 13.0 Å². The van der Waals surface area contributed by atoms with Gasteiger partial charge in [0, 0.05) is 13.2 Å². The Morgan fingerprint density at radius 1 is 1.50 bits per heavy atom. The van der Waals surface area contributed by atoms with Crippen LogP contribution in [0.4, 0.5) is 0 Å². The number of sulfonamides is 1. The molecule has 0 saturated heterocycles. The van der Waals surface area contributed by atoms with Crippen molar-refractivity contribution in [2.24, 2.45) is 12.8 Å². The fourth-order valence-corrected chi connectivity index (χ4v) is 2.53. The molecule has 100 valence electrons. The fraction of sp³-hybridized carbons (Fsp3) is 0.333. The summed E-state index contributed by atoms with van der Waals surface area (Å²) in [6.45, 7) is 1.29. The highest BCUT2D eigenvalue weighted by molar-refractivity contribution is 7.89. The number of rotatable bonds is 5. The molecule has 1 unspecified atom stereocenters. The van der Waals surface area contributed by atoms with E-state index in [2.05, 4.69) is 0 Å². The molecular weight excluding hydrogens is 262 g/mol. The lowest BCUT2D eigenvalue weighted by Gasteiger charge is -2.09. The molecule has 1 aromatic rings. The summed E-state index contributed by atoms with van der Waals surface area (Å²) >= 11 is 0. The molecule has 0 fully saturated rings. The van der Waals surface area contributed by atoms with Gasteiger partial charge in [0.2, 0.25) is 15.9 Å². The molecule has 1 aromatic heterocycles. The van der Waals surface area contributed by atoms with Crippen LogP contribution in [0.1, 0.15) is 17.4 Å². The zero-order chi connectivity index (χ0) is 14.1. The molecule has 0 bridgehead atoms. The van der Waals surface area contributed by atoms with E-state index in [4.69, 9.17) is 10.8 Å². The van der Waals surface area contributed by atoms with E-state index >= 15 is 0 Å². The SMILES string of the molecule is CC(NS(=O)(=O)c1cc(C(=O)O)n(C)c1)C(N)=O. The van der Waals surface area contributed by atoms with Crippen LogP contribution in [0.15, 0.2) is 17.2 Å². The Bertz CT molecular complexity index is 589. The minimum absolute atomic E-state index is 0.179. The van der Waals surface area contributed by atoms with Crippen LogP contribution in [0, 0.1) is 0 Å². The zero-order valence-corrected chi connectivity index (χ0v) is 10.6. The van der Waals surface area contributed by atoms with Gasteiger partial charge in [-0.25, -0.2) is 13.2 Å². The summed E-state index contributed by atoms with van der Waals surface area (Å²) in [6.07, 6.45) is 1.14. The van der Waals surface area contributed by atoms with Gasteiger partial charge in [-0.2, -0.15) is 4.72 Å². The molecule has 0 aliphatic heterocycles. The molecule has 0 aliphatic rings. The van der Waals surface area contributed by atoms with E-state index in [1.165, 1.54) is 14.0 Å². The van der Waals surface area contributed by atoms with Crippen LogP contribution in [0.25, 0.3) is 0 Å². The molecule has 1 amide bonds. The van der Waals surface area contributed by atoms with Crippen molar-refractivity contribution in [1.29, 1.82) is 0 Å². The number of amides is 1. The third kappa shape index (κ3) is 2.87. The second-order valence-corrected chi connectivity index (χ2v) is 5.44. The second kappa shape index (κ2) is 4.78. The van der Waals surface area contributed by atoms with Crippen molar-refractivity contribution < 1.29 is 23.1 Å². The van der Waals surface area contributed by atoms with Gasteiger partial charge in [0.05, 0.1) is 6.04 Å². The van der Waals surface area contributed by atoms with Gasteiger partial charge in [-0.3, -0.25) is 4.79 Å². The van der Waals surface area contributed by atoms with Crippen LogP contribution in [0.3, 0.4) is 0 Å². The minimum atomic E-state index is -3.97. The molecule has 0 radical (unpaired) electrons. The first kappa shape index (κ1) is 14.2.